The summed E-state index contributed by atoms with van der Waals surface area (Å²) < 4.78 is 58.2. The Balaban J connectivity index is 1.39. The fourth-order valence-electron chi connectivity index (χ4n) is 7.51. The molecule has 0 bridgehead atoms. The lowest BCUT2D eigenvalue weighted by Crippen LogP contribution is -2.44. The van der Waals surface area contributed by atoms with Crippen molar-refractivity contribution in [3.05, 3.63) is 47.7 Å². The molecule has 0 saturated carbocycles. The fourth-order valence-corrected chi connectivity index (χ4v) is 7.51. The van der Waals surface area contributed by atoms with Crippen LogP contribution in [0, 0.1) is 11.6 Å². The van der Waals surface area contributed by atoms with E-state index in [9.17, 15) is 19.0 Å². The molecule has 2 aromatic carbocycles. The summed E-state index contributed by atoms with van der Waals surface area (Å²) in [6, 6.07) is 5.70. The maximum atomic E-state index is 16.8. The number of fused-ring (bicyclic) bond motifs is 3. The Kier molecular flexibility index (Phi) is 7.93. The van der Waals surface area contributed by atoms with Crippen molar-refractivity contribution < 1.29 is 32.9 Å². The van der Waals surface area contributed by atoms with Gasteiger partial charge in [0.25, 0.3) is 0 Å². The number of aliphatic hydroxyl groups is 1. The summed E-state index contributed by atoms with van der Waals surface area (Å²) in [6.07, 6.45) is 3.36. The zero-order valence-electron chi connectivity index (χ0n) is 26.0. The maximum absolute atomic E-state index is 16.8. The van der Waals surface area contributed by atoms with E-state index in [-0.39, 0.29) is 48.3 Å². The van der Waals surface area contributed by atoms with Crippen LogP contribution < -0.4 is 9.64 Å². The number of β-amino-alcohol motifs (C(OH)–C–C–N with tert-alkyl or cyclic N) is 1. The number of aryl methyl sites for hydroxylation is 1. The Morgan fingerprint density at radius 2 is 2.00 bits per heavy atom. The van der Waals surface area contributed by atoms with E-state index >= 15 is 4.39 Å². The first-order chi connectivity index (χ1) is 22.1. The Hall–Kier alpha value is -3.74. The SMILES string of the molecule is CCc1c(F)ccc2cc(O)cc(-c3ncc4c(N5CCOC[C@](O)(CC)C5)nc(OC[C@@]56CCCN5C[C@H](F)C6)nc4c3F)c12. The first kappa shape index (κ1) is 30.9. The largest absolute Gasteiger partial charge is 0.508 e. The number of aromatic nitrogens is 3. The van der Waals surface area contributed by atoms with Crippen LogP contribution in [0.3, 0.4) is 0 Å². The summed E-state index contributed by atoms with van der Waals surface area (Å²) in [5.74, 6) is -1.01. The maximum Gasteiger partial charge on any atom is 0.319 e. The molecule has 12 heteroatoms. The van der Waals surface area contributed by atoms with Gasteiger partial charge in [0.2, 0.25) is 0 Å². The van der Waals surface area contributed by atoms with Gasteiger partial charge in [-0.2, -0.15) is 9.97 Å². The van der Waals surface area contributed by atoms with E-state index in [2.05, 4.69) is 14.9 Å². The van der Waals surface area contributed by atoms with Crippen LogP contribution in [-0.2, 0) is 11.2 Å². The van der Waals surface area contributed by atoms with E-state index < -0.39 is 28.9 Å². The second kappa shape index (κ2) is 11.8. The third-order valence-corrected chi connectivity index (χ3v) is 9.96. The molecule has 5 heterocycles. The van der Waals surface area contributed by atoms with Gasteiger partial charge in [-0.3, -0.25) is 9.88 Å². The van der Waals surface area contributed by atoms with E-state index in [1.54, 1.807) is 6.07 Å². The highest BCUT2D eigenvalue weighted by molar-refractivity contribution is 6.01. The number of alkyl halides is 1. The normalized spacial score (nSPS) is 25.3. The van der Waals surface area contributed by atoms with E-state index in [1.807, 2.05) is 18.7 Å². The number of anilines is 1. The van der Waals surface area contributed by atoms with E-state index in [4.69, 9.17) is 14.5 Å². The smallest absolute Gasteiger partial charge is 0.319 e. The van der Waals surface area contributed by atoms with Crippen molar-refractivity contribution in [1.29, 1.82) is 0 Å². The van der Waals surface area contributed by atoms with Gasteiger partial charge >= 0.3 is 6.01 Å². The molecular formula is C34H38F3N5O4. The molecule has 3 saturated heterocycles. The molecule has 0 amide bonds. The molecule has 9 nitrogen and oxygen atoms in total. The minimum atomic E-state index is -1.16. The molecule has 0 aliphatic carbocycles. The van der Waals surface area contributed by atoms with Crippen LogP contribution in [0.15, 0.2) is 30.5 Å². The number of pyridine rings is 1. The molecule has 2 aromatic heterocycles. The molecule has 0 unspecified atom stereocenters. The van der Waals surface area contributed by atoms with Crippen molar-refractivity contribution in [2.24, 2.45) is 0 Å². The molecule has 2 N–H and O–H groups in total. The quantitative estimate of drug-likeness (QED) is 0.279. The van der Waals surface area contributed by atoms with E-state index in [0.717, 1.165) is 19.4 Å². The van der Waals surface area contributed by atoms with Gasteiger partial charge in [-0.25, -0.2) is 13.2 Å². The predicted octanol–water partition coefficient (Wildman–Crippen LogP) is 5.32. The lowest BCUT2D eigenvalue weighted by molar-refractivity contribution is -0.0284. The van der Waals surface area contributed by atoms with Gasteiger partial charge in [-0.15, -0.1) is 0 Å². The van der Waals surface area contributed by atoms with Gasteiger partial charge in [-0.05, 0) is 66.8 Å². The molecule has 46 heavy (non-hydrogen) atoms. The molecule has 3 atom stereocenters. The first-order valence-electron chi connectivity index (χ1n) is 16.0. The van der Waals surface area contributed by atoms with Crippen LogP contribution >= 0.6 is 0 Å². The average Bonchev–Trinajstić information content (AvgIpc) is 3.49. The second-order valence-corrected chi connectivity index (χ2v) is 12.9. The summed E-state index contributed by atoms with van der Waals surface area (Å²) in [6.45, 7) is 5.98. The highest BCUT2D eigenvalue weighted by Crippen LogP contribution is 2.42. The van der Waals surface area contributed by atoms with Crippen LogP contribution in [0.2, 0.25) is 0 Å². The lowest BCUT2D eigenvalue weighted by Gasteiger charge is -2.32. The zero-order valence-corrected chi connectivity index (χ0v) is 26.0. The van der Waals surface area contributed by atoms with Crippen LogP contribution in [0.4, 0.5) is 19.0 Å². The average molecular weight is 638 g/mol. The molecule has 7 rings (SSSR count). The molecule has 0 radical (unpaired) electrons. The van der Waals surface area contributed by atoms with Crippen LogP contribution in [0.25, 0.3) is 32.9 Å². The molecule has 4 aromatic rings. The molecular weight excluding hydrogens is 599 g/mol. The first-order valence-corrected chi connectivity index (χ1v) is 16.0. The molecule has 3 aliphatic heterocycles. The summed E-state index contributed by atoms with van der Waals surface area (Å²) in [4.78, 5) is 17.7. The third-order valence-electron chi connectivity index (χ3n) is 9.96. The van der Waals surface area contributed by atoms with Crippen LogP contribution in [0.5, 0.6) is 11.8 Å². The van der Waals surface area contributed by atoms with Crippen molar-refractivity contribution in [2.75, 3.05) is 50.9 Å². The number of phenols is 1. The van der Waals surface area contributed by atoms with Crippen molar-refractivity contribution in [2.45, 2.75) is 63.3 Å². The number of hydrogen-bond donors (Lipinski definition) is 2. The molecule has 3 aliphatic rings. The Bertz CT molecular complexity index is 1810. The number of nitrogens with zero attached hydrogens (tertiary/aromatic N) is 5. The monoisotopic (exact) mass is 637 g/mol. The zero-order chi connectivity index (χ0) is 32.2. The minimum absolute atomic E-state index is 0.0725. The second-order valence-electron chi connectivity index (χ2n) is 12.9. The summed E-state index contributed by atoms with van der Waals surface area (Å²) >= 11 is 0. The third kappa shape index (κ3) is 5.29. The number of benzene rings is 2. The highest BCUT2D eigenvalue weighted by Gasteiger charge is 2.49. The Morgan fingerprint density at radius 3 is 2.80 bits per heavy atom. The topological polar surface area (TPSA) is 104 Å². The minimum Gasteiger partial charge on any atom is -0.508 e. The van der Waals surface area contributed by atoms with Gasteiger partial charge in [0.15, 0.2) is 5.82 Å². The van der Waals surface area contributed by atoms with Gasteiger partial charge in [0, 0.05) is 31.3 Å². The fraction of sp³-hybridized carbons (Fsp3) is 0.500. The van der Waals surface area contributed by atoms with Crippen molar-refractivity contribution in [3.63, 3.8) is 0 Å². The Morgan fingerprint density at radius 1 is 1.15 bits per heavy atom. The molecule has 0 spiro atoms. The van der Waals surface area contributed by atoms with E-state index in [0.29, 0.717) is 66.5 Å². The van der Waals surface area contributed by atoms with Crippen molar-refractivity contribution in [1.82, 2.24) is 19.9 Å². The van der Waals surface area contributed by atoms with Crippen LogP contribution in [0.1, 0.15) is 45.1 Å². The molecule has 3 fully saturated rings. The van der Waals surface area contributed by atoms with Crippen molar-refractivity contribution >= 4 is 27.5 Å². The lowest BCUT2D eigenvalue weighted by atomic mass is 9.94. The van der Waals surface area contributed by atoms with Gasteiger partial charge < -0.3 is 24.6 Å². The van der Waals surface area contributed by atoms with Gasteiger partial charge in [0.05, 0.1) is 30.7 Å². The summed E-state index contributed by atoms with van der Waals surface area (Å²) in [5.41, 5.74) is -1.20. The number of hydrogen-bond acceptors (Lipinski definition) is 9. The number of phenolic OH excluding ortho intramolecular Hbond substituents is 1. The van der Waals surface area contributed by atoms with Gasteiger partial charge in [0.1, 0.15) is 47.0 Å². The number of ether oxygens (including phenoxy) is 2. The summed E-state index contributed by atoms with van der Waals surface area (Å²) in [5, 5.41) is 23.1. The number of halogens is 3. The standard InChI is InChI=1S/C34H38F3N5O4/c1-3-23-26(36)7-6-20-12-22(43)13-24(27(20)23)29-28(37)30-25(15-38-29)31(41-10-11-45-19-34(44,4-2)17-41)40-32(39-30)46-18-33-8-5-9-42(33)16-21(35)14-33/h6-7,12-13,15,21,43-44H,3-5,8-11,14,16-19H2,1-2H3/t21-,33+,34+/m1/s1. The molecule has 244 valence electrons. The predicted molar refractivity (Wildman–Crippen MR) is 168 cm³/mol. The number of rotatable bonds is 7. The van der Waals surface area contributed by atoms with Crippen LogP contribution in [-0.4, -0.2) is 93.4 Å². The summed E-state index contributed by atoms with van der Waals surface area (Å²) in [7, 11) is 0. The highest BCUT2D eigenvalue weighted by atomic mass is 19.1. The Labute approximate surface area is 265 Å². The van der Waals surface area contributed by atoms with Gasteiger partial charge in [-0.1, -0.05) is 19.9 Å². The van der Waals surface area contributed by atoms with Crippen molar-refractivity contribution in [3.8, 4) is 23.0 Å². The number of aromatic hydroxyl groups is 1. The van der Waals surface area contributed by atoms with E-state index in [1.165, 1.54) is 24.4 Å².